The van der Waals surface area contributed by atoms with E-state index < -0.39 is 17.4 Å². The zero-order chi connectivity index (χ0) is 33.3. The Morgan fingerprint density at radius 1 is 0.936 bits per heavy atom. The molecule has 0 unspecified atom stereocenters. The summed E-state index contributed by atoms with van der Waals surface area (Å²) in [5.74, 6) is 1.04. The molecule has 0 aliphatic heterocycles. The van der Waals surface area contributed by atoms with Gasteiger partial charge in [0.25, 0.3) is 0 Å². The highest BCUT2D eigenvalue weighted by molar-refractivity contribution is 5.85. The lowest BCUT2D eigenvalue weighted by molar-refractivity contribution is -0.215. The minimum absolute atomic E-state index is 0. The maximum absolute atomic E-state index is 13.2. The van der Waals surface area contributed by atoms with Crippen molar-refractivity contribution in [1.29, 1.82) is 0 Å². The zero-order valence-electron chi connectivity index (χ0n) is 29.8. The van der Waals surface area contributed by atoms with E-state index in [-0.39, 0.29) is 58.7 Å². The number of allylic oxidation sites excluding steroid dienone is 2. The normalized spacial score (nSPS) is 42.6. The third kappa shape index (κ3) is 5.51. The molecule has 1 aromatic rings. The Kier molecular flexibility index (Phi) is 9.89. The van der Waals surface area contributed by atoms with Crippen molar-refractivity contribution in [3.05, 3.63) is 47.5 Å². The van der Waals surface area contributed by atoms with Gasteiger partial charge in [-0.05, 0) is 109 Å². The van der Waals surface area contributed by atoms with Gasteiger partial charge in [0.2, 0.25) is 0 Å². The van der Waals surface area contributed by atoms with Crippen LogP contribution in [-0.2, 0) is 25.7 Å². The third-order valence-corrected chi connectivity index (χ3v) is 15.3. The van der Waals surface area contributed by atoms with Crippen molar-refractivity contribution >= 4 is 24.3 Å². The number of carbonyl (C=O) groups excluding carboxylic acids is 1. The van der Waals surface area contributed by atoms with Gasteiger partial charge in [-0.25, -0.2) is 0 Å². The van der Waals surface area contributed by atoms with E-state index in [2.05, 4.69) is 54.5 Å². The summed E-state index contributed by atoms with van der Waals surface area (Å²) in [5, 5.41) is 10.7. The van der Waals surface area contributed by atoms with Gasteiger partial charge in [-0.2, -0.15) is 0 Å². The highest BCUT2D eigenvalue weighted by Crippen LogP contribution is 2.75. The van der Waals surface area contributed by atoms with Gasteiger partial charge in [-0.3, -0.25) is 9.59 Å². The van der Waals surface area contributed by atoms with Crippen LogP contribution in [0.5, 0.6) is 0 Å². The number of aliphatic carboxylic acids is 1. The first kappa shape index (κ1) is 36.4. The molecule has 262 valence electrons. The summed E-state index contributed by atoms with van der Waals surface area (Å²) in [6, 6.07) is 9.10. The summed E-state index contributed by atoms with van der Waals surface area (Å²) >= 11 is 0. The van der Waals surface area contributed by atoms with E-state index in [9.17, 15) is 14.7 Å². The smallest absolute Gasteiger partial charge is 0.325 e. The van der Waals surface area contributed by atoms with Crippen molar-refractivity contribution in [2.45, 2.75) is 125 Å². The molecule has 6 rings (SSSR count). The second kappa shape index (κ2) is 12.8. The molecule has 0 bridgehead atoms. The summed E-state index contributed by atoms with van der Waals surface area (Å²) in [5.41, 5.74) is 8.22. The third-order valence-electron chi connectivity index (χ3n) is 15.3. The van der Waals surface area contributed by atoms with Gasteiger partial charge >= 0.3 is 11.9 Å². The number of nitrogens with two attached hydrogens (primary N) is 1. The van der Waals surface area contributed by atoms with E-state index in [4.69, 9.17) is 15.2 Å². The summed E-state index contributed by atoms with van der Waals surface area (Å²) in [7, 11) is 0. The molecular weight excluding hydrogens is 610 g/mol. The van der Waals surface area contributed by atoms with Crippen LogP contribution in [0.3, 0.4) is 0 Å². The molecule has 6 nitrogen and oxygen atoms in total. The average molecular weight is 670 g/mol. The van der Waals surface area contributed by atoms with Crippen LogP contribution >= 0.6 is 12.4 Å². The van der Waals surface area contributed by atoms with Gasteiger partial charge in [0.1, 0.15) is 12.1 Å². The fourth-order valence-electron chi connectivity index (χ4n) is 12.2. The number of esters is 1. The summed E-state index contributed by atoms with van der Waals surface area (Å²) < 4.78 is 12.0. The van der Waals surface area contributed by atoms with Gasteiger partial charge in [-0.1, -0.05) is 90.4 Å². The minimum atomic E-state index is -0.807. The molecule has 0 radical (unpaired) electrons. The predicted molar refractivity (Wildman–Crippen MR) is 188 cm³/mol. The first-order valence-electron chi connectivity index (χ1n) is 18.1. The minimum Gasteiger partial charge on any atom is -0.481 e. The van der Waals surface area contributed by atoms with Crippen LogP contribution in [0, 0.1) is 56.7 Å². The van der Waals surface area contributed by atoms with Gasteiger partial charge < -0.3 is 20.3 Å². The molecule has 5 aliphatic carbocycles. The molecule has 0 saturated heterocycles. The summed E-state index contributed by atoms with van der Waals surface area (Å²) in [4.78, 5) is 26.2. The Labute approximate surface area is 289 Å². The molecule has 0 aromatic heterocycles. The largest absolute Gasteiger partial charge is 0.481 e. The van der Waals surface area contributed by atoms with E-state index >= 15 is 0 Å². The maximum atomic E-state index is 13.2. The van der Waals surface area contributed by atoms with Gasteiger partial charge in [0.05, 0.1) is 18.6 Å². The van der Waals surface area contributed by atoms with Gasteiger partial charge in [0, 0.05) is 5.41 Å². The molecule has 11 atom stereocenters. The molecule has 1 aromatic carbocycles. The molecule has 3 N–H and O–H groups in total. The number of fused-ring (bicyclic) bond motifs is 7. The molecular formula is C40H60ClNO5. The maximum Gasteiger partial charge on any atom is 0.325 e. The SMILES string of the molecule is C[C@H]1[C@H](C)CC[C@]2(C(=O)O)CC[C@]3(C)C(=CC[C@@H]4[C@@]5(C)CC[C@H](OC(=O)[C@@H](N)COCc6ccccc6)C(C)(C)[C@@H]5CC[C@]43C)[C@H]12.Cl. The number of rotatable bonds is 7. The van der Waals surface area contributed by atoms with Crippen LogP contribution in [0.2, 0.25) is 0 Å². The lowest BCUT2D eigenvalue weighted by Gasteiger charge is -2.71. The predicted octanol–water partition coefficient (Wildman–Crippen LogP) is 8.61. The van der Waals surface area contributed by atoms with Crippen molar-refractivity contribution in [3.63, 3.8) is 0 Å². The van der Waals surface area contributed by atoms with Gasteiger partial charge in [0.15, 0.2) is 0 Å². The van der Waals surface area contributed by atoms with Crippen LogP contribution in [0.1, 0.15) is 112 Å². The molecule has 7 heteroatoms. The molecule has 0 amide bonds. The van der Waals surface area contributed by atoms with Crippen LogP contribution in [0.25, 0.3) is 0 Å². The van der Waals surface area contributed by atoms with E-state index in [1.807, 2.05) is 30.3 Å². The molecule has 47 heavy (non-hydrogen) atoms. The quantitative estimate of drug-likeness (QED) is 0.223. The number of ether oxygens (including phenoxy) is 2. The average Bonchev–Trinajstić information content (AvgIpc) is 3.01. The zero-order valence-corrected chi connectivity index (χ0v) is 30.7. The number of benzene rings is 1. The van der Waals surface area contributed by atoms with Gasteiger partial charge in [-0.15, -0.1) is 12.4 Å². The van der Waals surface area contributed by atoms with Crippen molar-refractivity contribution < 1.29 is 24.2 Å². The molecule has 4 fully saturated rings. The van der Waals surface area contributed by atoms with E-state index in [0.717, 1.165) is 63.4 Å². The fraction of sp³-hybridized carbons (Fsp3) is 0.750. The highest BCUT2D eigenvalue weighted by Gasteiger charge is 2.69. The number of carbonyl (C=O) groups is 2. The Morgan fingerprint density at radius 2 is 1.64 bits per heavy atom. The highest BCUT2D eigenvalue weighted by atomic mass is 35.5. The number of carboxylic acids is 1. The Hall–Kier alpha value is -1.89. The molecule has 4 saturated carbocycles. The monoisotopic (exact) mass is 669 g/mol. The first-order chi connectivity index (χ1) is 21.6. The summed E-state index contributed by atoms with van der Waals surface area (Å²) in [6.45, 7) is 17.4. The Bertz CT molecular complexity index is 1360. The van der Waals surface area contributed by atoms with E-state index in [0.29, 0.717) is 30.3 Å². The molecule has 5 aliphatic rings. The van der Waals surface area contributed by atoms with Crippen molar-refractivity contribution in [2.75, 3.05) is 6.61 Å². The second-order valence-electron chi connectivity index (χ2n) is 17.5. The van der Waals surface area contributed by atoms with Crippen LogP contribution in [0.4, 0.5) is 0 Å². The molecule has 0 heterocycles. The second-order valence-corrected chi connectivity index (χ2v) is 17.5. The van der Waals surface area contributed by atoms with Crippen molar-refractivity contribution in [3.8, 4) is 0 Å². The first-order valence-corrected chi connectivity index (χ1v) is 18.1. The fourth-order valence-corrected chi connectivity index (χ4v) is 12.2. The molecule has 0 spiro atoms. The standard InChI is InChI=1S/C40H59NO5.ClH/c1-25-15-20-40(35(43)44)22-21-38(6)28(33(40)26(25)2)13-14-31-37(5)18-17-32(36(3,4)30(37)16-19-39(31,38)7)46-34(42)29(41)24-45-23-27-11-9-8-10-12-27;/h8-13,25-26,29-33H,14-24,41H2,1-7H3,(H,43,44);1H/t25-,26+,29+,30+,31-,32+,33+,37+,38-,39-,40+;/m1./s1. The topological polar surface area (TPSA) is 98.9 Å². The number of carboxylic acid groups (broad SMARTS) is 1. The van der Waals surface area contributed by atoms with E-state index in [1.54, 1.807) is 0 Å². The van der Waals surface area contributed by atoms with Crippen LogP contribution in [-0.4, -0.2) is 35.8 Å². The number of hydrogen-bond acceptors (Lipinski definition) is 5. The van der Waals surface area contributed by atoms with E-state index in [1.165, 1.54) is 5.57 Å². The number of halogens is 1. The van der Waals surface area contributed by atoms with Crippen molar-refractivity contribution in [1.82, 2.24) is 0 Å². The lowest BCUT2D eigenvalue weighted by atomic mass is 9.33. The summed E-state index contributed by atoms with van der Waals surface area (Å²) in [6.07, 6.45) is 11.0. The Morgan fingerprint density at radius 3 is 2.32 bits per heavy atom. The van der Waals surface area contributed by atoms with Crippen LogP contribution in [0.15, 0.2) is 42.0 Å². The van der Waals surface area contributed by atoms with Crippen molar-refractivity contribution in [2.24, 2.45) is 62.4 Å². The van der Waals surface area contributed by atoms with Crippen LogP contribution < -0.4 is 5.73 Å². The number of hydrogen-bond donors (Lipinski definition) is 2. The lowest BCUT2D eigenvalue weighted by Crippen LogP contribution is -2.65. The Balaban J connectivity index is 0.00000433.